The van der Waals surface area contributed by atoms with Crippen molar-refractivity contribution >= 4 is 41.4 Å². The predicted octanol–water partition coefficient (Wildman–Crippen LogP) is 4.95. The summed E-state index contributed by atoms with van der Waals surface area (Å²) < 4.78 is 14.6. The molecule has 0 bridgehead atoms. The fraction of sp³-hybridized carbons (Fsp3) is 0.375. The number of aryl methyl sites for hydroxylation is 1. The normalized spacial score (nSPS) is 14.2. The number of aliphatic hydroxyl groups excluding tert-OH is 1. The highest BCUT2D eigenvalue weighted by Gasteiger charge is 2.20. The Kier molecular flexibility index (Phi) is 9.51. The summed E-state index contributed by atoms with van der Waals surface area (Å²) in [6, 6.07) is 15.7. The molecule has 3 aromatic rings. The maximum atomic E-state index is 14.6. The average molecular weight is 466 g/mol. The molecule has 1 fully saturated rings. The van der Waals surface area contributed by atoms with E-state index in [-0.39, 0.29) is 37.2 Å². The number of hydrogen-bond acceptors (Lipinski definition) is 4. The highest BCUT2D eigenvalue weighted by atomic mass is 35.5. The Labute approximate surface area is 195 Å². The van der Waals surface area contributed by atoms with E-state index in [1.54, 1.807) is 6.07 Å². The lowest BCUT2D eigenvalue weighted by Crippen LogP contribution is -2.46. The van der Waals surface area contributed by atoms with Gasteiger partial charge in [-0.3, -0.25) is 0 Å². The van der Waals surface area contributed by atoms with Gasteiger partial charge in [0.2, 0.25) is 0 Å². The van der Waals surface area contributed by atoms with Crippen molar-refractivity contribution in [2.75, 3.05) is 44.2 Å². The SMILES string of the molecule is CCN1CCN(c2nc(-c3ccc(CCCO)c(F)c3)cc3ccccc23)CC1.Cl.Cl. The monoisotopic (exact) mass is 465 g/mol. The molecule has 2 aromatic carbocycles. The van der Waals surface area contributed by atoms with Gasteiger partial charge >= 0.3 is 0 Å². The molecule has 0 amide bonds. The van der Waals surface area contributed by atoms with Crippen LogP contribution in [0.4, 0.5) is 10.2 Å². The third-order valence-corrected chi connectivity index (χ3v) is 5.79. The second kappa shape index (κ2) is 11.6. The molecule has 4 rings (SSSR count). The number of fused-ring (bicyclic) bond motifs is 1. The van der Waals surface area contributed by atoms with Crippen molar-refractivity contribution in [3.8, 4) is 11.3 Å². The van der Waals surface area contributed by atoms with Crippen molar-refractivity contribution in [2.45, 2.75) is 19.8 Å². The second-order valence-corrected chi connectivity index (χ2v) is 7.61. The molecule has 4 nitrogen and oxygen atoms in total. The lowest BCUT2D eigenvalue weighted by molar-refractivity contribution is 0.271. The van der Waals surface area contributed by atoms with E-state index in [0.29, 0.717) is 18.4 Å². The van der Waals surface area contributed by atoms with Crippen LogP contribution in [0.2, 0.25) is 0 Å². The third kappa shape index (κ3) is 5.66. The minimum atomic E-state index is -0.232. The van der Waals surface area contributed by atoms with Crippen LogP contribution in [0.25, 0.3) is 22.0 Å². The molecule has 1 saturated heterocycles. The van der Waals surface area contributed by atoms with E-state index < -0.39 is 0 Å². The van der Waals surface area contributed by atoms with Crippen LogP contribution in [0, 0.1) is 5.82 Å². The van der Waals surface area contributed by atoms with Gasteiger partial charge in [0, 0.05) is 43.7 Å². The van der Waals surface area contributed by atoms with Gasteiger partial charge in [0.25, 0.3) is 0 Å². The largest absolute Gasteiger partial charge is 0.396 e. The van der Waals surface area contributed by atoms with Crippen LogP contribution in [0.15, 0.2) is 48.5 Å². The number of anilines is 1. The zero-order chi connectivity index (χ0) is 20.2. The van der Waals surface area contributed by atoms with Crippen LogP contribution in [0.3, 0.4) is 0 Å². The highest BCUT2D eigenvalue weighted by molar-refractivity contribution is 5.95. The molecule has 1 N–H and O–H groups in total. The zero-order valence-electron chi connectivity index (χ0n) is 17.8. The van der Waals surface area contributed by atoms with Gasteiger partial charge < -0.3 is 14.9 Å². The van der Waals surface area contributed by atoms with Gasteiger partial charge in [-0.1, -0.05) is 43.3 Å². The summed E-state index contributed by atoms with van der Waals surface area (Å²) in [5.41, 5.74) is 2.22. The number of piperazine rings is 1. The van der Waals surface area contributed by atoms with Gasteiger partial charge in [-0.05, 0) is 42.5 Å². The van der Waals surface area contributed by atoms with Gasteiger partial charge in [-0.2, -0.15) is 0 Å². The number of nitrogens with zero attached hydrogens (tertiary/aromatic N) is 3. The molecule has 0 radical (unpaired) electrons. The van der Waals surface area contributed by atoms with Crippen LogP contribution >= 0.6 is 24.8 Å². The van der Waals surface area contributed by atoms with Crippen LogP contribution < -0.4 is 4.90 Å². The van der Waals surface area contributed by atoms with Gasteiger partial charge in [0.15, 0.2) is 0 Å². The Hall–Kier alpha value is -1.92. The summed E-state index contributed by atoms with van der Waals surface area (Å²) in [6.07, 6.45) is 1.11. The summed E-state index contributed by atoms with van der Waals surface area (Å²) in [5.74, 6) is 0.752. The molecule has 1 aliphatic heterocycles. The maximum Gasteiger partial charge on any atom is 0.137 e. The summed E-state index contributed by atoms with van der Waals surface area (Å²) >= 11 is 0. The molecule has 0 unspecified atom stereocenters. The van der Waals surface area contributed by atoms with Crippen molar-refractivity contribution < 1.29 is 9.50 Å². The van der Waals surface area contributed by atoms with Gasteiger partial charge in [0.1, 0.15) is 11.6 Å². The first-order valence-electron chi connectivity index (χ1n) is 10.5. The first-order chi connectivity index (χ1) is 14.2. The van der Waals surface area contributed by atoms with Crippen molar-refractivity contribution in [1.82, 2.24) is 9.88 Å². The topological polar surface area (TPSA) is 39.6 Å². The summed E-state index contributed by atoms with van der Waals surface area (Å²) in [4.78, 5) is 9.78. The maximum absolute atomic E-state index is 14.6. The number of likely N-dealkylation sites (N-methyl/N-ethyl adjacent to an activating group) is 1. The molecule has 0 atom stereocenters. The van der Waals surface area contributed by atoms with Crippen molar-refractivity contribution in [3.05, 3.63) is 59.9 Å². The number of pyridine rings is 1. The summed E-state index contributed by atoms with van der Waals surface area (Å²) in [6.45, 7) is 7.30. The molecule has 31 heavy (non-hydrogen) atoms. The van der Waals surface area contributed by atoms with Crippen LogP contribution in [0.5, 0.6) is 0 Å². The Morgan fingerprint density at radius 1 is 1.00 bits per heavy atom. The number of aromatic nitrogens is 1. The molecule has 168 valence electrons. The molecule has 0 saturated carbocycles. The molecule has 0 aliphatic carbocycles. The van der Waals surface area contributed by atoms with Crippen LogP contribution in [-0.4, -0.2) is 54.3 Å². The Bertz CT molecular complexity index is 994. The fourth-order valence-corrected chi connectivity index (χ4v) is 4.02. The molecular formula is C24H30Cl2FN3O. The van der Waals surface area contributed by atoms with Crippen LogP contribution in [0.1, 0.15) is 18.9 Å². The van der Waals surface area contributed by atoms with Crippen molar-refractivity contribution in [3.63, 3.8) is 0 Å². The predicted molar refractivity (Wildman–Crippen MR) is 131 cm³/mol. The number of hydrogen-bond donors (Lipinski definition) is 1. The number of rotatable bonds is 6. The van der Waals surface area contributed by atoms with Gasteiger partial charge in [-0.15, -0.1) is 24.8 Å². The highest BCUT2D eigenvalue weighted by Crippen LogP contribution is 2.31. The first-order valence-corrected chi connectivity index (χ1v) is 10.5. The van der Waals surface area contributed by atoms with E-state index in [2.05, 4.69) is 28.9 Å². The molecule has 0 spiro atoms. The van der Waals surface area contributed by atoms with E-state index in [9.17, 15) is 4.39 Å². The fourth-order valence-electron chi connectivity index (χ4n) is 4.02. The lowest BCUT2D eigenvalue weighted by Gasteiger charge is -2.35. The standard InChI is InChI=1S/C24H28FN3O.2ClH/c1-2-27-11-13-28(14-12-27)24-21-8-4-3-6-19(21)17-23(26-24)20-10-9-18(7-5-15-29)22(25)16-20;;/h3-4,6,8-10,16-17,29H,2,5,7,11-15H2,1H3;2*1H. The summed E-state index contributed by atoms with van der Waals surface area (Å²) in [5, 5.41) is 11.3. The van der Waals surface area contributed by atoms with E-state index in [4.69, 9.17) is 10.1 Å². The minimum Gasteiger partial charge on any atom is -0.396 e. The smallest absolute Gasteiger partial charge is 0.137 e. The lowest BCUT2D eigenvalue weighted by atomic mass is 10.0. The minimum absolute atomic E-state index is 0. The third-order valence-electron chi connectivity index (χ3n) is 5.79. The number of halogens is 3. The Morgan fingerprint density at radius 3 is 2.42 bits per heavy atom. The van der Waals surface area contributed by atoms with Gasteiger partial charge in [0.05, 0.1) is 5.69 Å². The molecule has 2 heterocycles. The zero-order valence-corrected chi connectivity index (χ0v) is 19.4. The molecular weight excluding hydrogens is 436 g/mol. The van der Waals surface area contributed by atoms with E-state index in [1.165, 1.54) is 0 Å². The molecule has 1 aromatic heterocycles. The quantitative estimate of drug-likeness (QED) is 0.558. The van der Waals surface area contributed by atoms with Gasteiger partial charge in [-0.25, -0.2) is 9.37 Å². The first kappa shape index (κ1) is 25.3. The van der Waals surface area contributed by atoms with E-state index >= 15 is 0 Å². The average Bonchev–Trinajstić information content (AvgIpc) is 2.77. The second-order valence-electron chi connectivity index (χ2n) is 7.61. The van der Waals surface area contributed by atoms with E-state index in [0.717, 1.165) is 60.6 Å². The molecule has 7 heteroatoms. The van der Waals surface area contributed by atoms with Crippen molar-refractivity contribution in [1.29, 1.82) is 0 Å². The Balaban J connectivity index is 0.00000171. The molecule has 1 aliphatic rings. The van der Waals surface area contributed by atoms with Crippen LogP contribution in [-0.2, 0) is 6.42 Å². The Morgan fingerprint density at radius 2 is 1.74 bits per heavy atom. The van der Waals surface area contributed by atoms with Crippen molar-refractivity contribution in [2.24, 2.45) is 0 Å². The van der Waals surface area contributed by atoms with E-state index in [1.807, 2.05) is 30.3 Å². The number of aliphatic hydroxyl groups is 1. The number of benzene rings is 2. The summed E-state index contributed by atoms with van der Waals surface area (Å²) in [7, 11) is 0.